The van der Waals surface area contributed by atoms with Gasteiger partial charge in [-0.05, 0) is 18.6 Å². The molecule has 0 radical (unpaired) electrons. The molecule has 1 aromatic carbocycles. The number of carbonyl (C=O) groups is 1. The number of hydrogen-bond acceptors (Lipinski definition) is 3. The van der Waals surface area contributed by atoms with Crippen molar-refractivity contribution in [1.29, 1.82) is 0 Å². The van der Waals surface area contributed by atoms with Crippen LogP contribution in [0.15, 0.2) is 36.4 Å². The minimum atomic E-state index is -0.267. The summed E-state index contributed by atoms with van der Waals surface area (Å²) in [5.41, 5.74) is 2.00. The molecule has 0 aliphatic carbocycles. The molecule has 1 heterocycles. The Morgan fingerprint density at radius 2 is 1.94 bits per heavy atom. The van der Waals surface area contributed by atoms with E-state index in [-0.39, 0.29) is 5.97 Å². The first-order chi connectivity index (χ1) is 7.72. The molecule has 3 heteroatoms. The molecule has 0 saturated heterocycles. The highest BCUT2D eigenvalue weighted by atomic mass is 32.1. The summed E-state index contributed by atoms with van der Waals surface area (Å²) in [6.45, 7) is 1.99. The molecule has 0 aliphatic rings. The summed E-state index contributed by atoms with van der Waals surface area (Å²) in [5.74, 6) is -0.267. The van der Waals surface area contributed by atoms with Gasteiger partial charge in [0.15, 0.2) is 0 Å². The van der Waals surface area contributed by atoms with Gasteiger partial charge in [-0.25, -0.2) is 4.79 Å². The standard InChI is InChI=1S/C13H12O2S/c1-9-8-11(10-6-4-3-5-7-10)12(16-9)13(14)15-2/h3-8H,1-2H3. The predicted octanol–water partition coefficient (Wildman–Crippen LogP) is 3.51. The van der Waals surface area contributed by atoms with Crippen LogP contribution < -0.4 is 0 Å². The molecule has 0 spiro atoms. The third-order valence-electron chi connectivity index (χ3n) is 2.31. The first-order valence-corrected chi connectivity index (χ1v) is 5.78. The highest BCUT2D eigenvalue weighted by Gasteiger charge is 2.16. The number of esters is 1. The van der Waals surface area contributed by atoms with Crippen LogP contribution in [-0.2, 0) is 4.74 Å². The number of rotatable bonds is 2. The third-order valence-corrected chi connectivity index (χ3v) is 3.34. The van der Waals surface area contributed by atoms with Crippen molar-refractivity contribution < 1.29 is 9.53 Å². The molecule has 0 unspecified atom stereocenters. The Morgan fingerprint density at radius 1 is 1.25 bits per heavy atom. The van der Waals surface area contributed by atoms with Crippen molar-refractivity contribution in [2.24, 2.45) is 0 Å². The highest BCUT2D eigenvalue weighted by Crippen LogP contribution is 2.31. The van der Waals surface area contributed by atoms with Crippen molar-refractivity contribution >= 4 is 17.3 Å². The molecule has 2 nitrogen and oxygen atoms in total. The molecule has 0 saturated carbocycles. The molecular formula is C13H12O2S. The molecule has 0 N–H and O–H groups in total. The molecule has 2 rings (SSSR count). The van der Waals surface area contributed by atoms with Crippen molar-refractivity contribution in [2.45, 2.75) is 6.92 Å². The molecular weight excluding hydrogens is 220 g/mol. The molecule has 0 bridgehead atoms. The van der Waals surface area contributed by atoms with Gasteiger partial charge in [-0.2, -0.15) is 0 Å². The van der Waals surface area contributed by atoms with Gasteiger partial charge >= 0.3 is 5.97 Å². The van der Waals surface area contributed by atoms with Crippen molar-refractivity contribution in [2.75, 3.05) is 7.11 Å². The van der Waals surface area contributed by atoms with Crippen molar-refractivity contribution in [1.82, 2.24) is 0 Å². The van der Waals surface area contributed by atoms with Gasteiger partial charge in [0.05, 0.1) is 7.11 Å². The highest BCUT2D eigenvalue weighted by molar-refractivity contribution is 7.14. The van der Waals surface area contributed by atoms with E-state index >= 15 is 0 Å². The van der Waals surface area contributed by atoms with Crippen LogP contribution in [-0.4, -0.2) is 13.1 Å². The van der Waals surface area contributed by atoms with Crippen molar-refractivity contribution in [3.8, 4) is 11.1 Å². The van der Waals surface area contributed by atoms with Crippen LogP contribution in [0.4, 0.5) is 0 Å². The fourth-order valence-electron chi connectivity index (χ4n) is 1.59. The quantitative estimate of drug-likeness (QED) is 0.741. The summed E-state index contributed by atoms with van der Waals surface area (Å²) < 4.78 is 4.78. The topological polar surface area (TPSA) is 26.3 Å². The number of methoxy groups -OCH3 is 1. The summed E-state index contributed by atoms with van der Waals surface area (Å²) in [5, 5.41) is 0. The lowest BCUT2D eigenvalue weighted by atomic mass is 10.1. The van der Waals surface area contributed by atoms with Gasteiger partial charge in [0, 0.05) is 10.4 Å². The number of ether oxygens (including phenoxy) is 1. The van der Waals surface area contributed by atoms with Crippen LogP contribution >= 0.6 is 11.3 Å². The Kier molecular flexibility index (Phi) is 3.06. The molecule has 0 aliphatic heterocycles. The number of carbonyl (C=O) groups excluding carboxylic acids is 1. The molecule has 0 atom stereocenters. The van der Waals surface area contributed by atoms with Crippen LogP contribution in [0, 0.1) is 6.92 Å². The van der Waals surface area contributed by atoms with Crippen molar-refractivity contribution in [3.63, 3.8) is 0 Å². The van der Waals surface area contributed by atoms with Crippen LogP contribution in [0.1, 0.15) is 14.5 Å². The molecule has 2 aromatic rings. The summed E-state index contributed by atoms with van der Waals surface area (Å²) in [4.78, 5) is 13.4. The summed E-state index contributed by atoms with van der Waals surface area (Å²) in [7, 11) is 1.41. The zero-order valence-electron chi connectivity index (χ0n) is 9.19. The first-order valence-electron chi connectivity index (χ1n) is 4.96. The zero-order chi connectivity index (χ0) is 11.5. The van der Waals surface area contributed by atoms with E-state index in [1.807, 2.05) is 43.3 Å². The second kappa shape index (κ2) is 4.49. The number of aryl methyl sites for hydroxylation is 1. The average molecular weight is 232 g/mol. The van der Waals surface area contributed by atoms with Gasteiger partial charge in [0.2, 0.25) is 0 Å². The maximum absolute atomic E-state index is 11.6. The lowest BCUT2D eigenvalue weighted by Crippen LogP contribution is -1.99. The summed E-state index contributed by atoms with van der Waals surface area (Å²) in [6, 6.07) is 11.9. The third kappa shape index (κ3) is 1.99. The van der Waals surface area contributed by atoms with Gasteiger partial charge in [0.25, 0.3) is 0 Å². The average Bonchev–Trinajstić information content (AvgIpc) is 2.71. The molecule has 82 valence electrons. The zero-order valence-corrected chi connectivity index (χ0v) is 10.0. The van der Waals surface area contributed by atoms with Gasteiger partial charge in [0.1, 0.15) is 4.88 Å². The Bertz CT molecular complexity index is 500. The van der Waals surface area contributed by atoms with Crippen LogP contribution in [0.25, 0.3) is 11.1 Å². The van der Waals surface area contributed by atoms with E-state index in [2.05, 4.69) is 0 Å². The van der Waals surface area contributed by atoms with Gasteiger partial charge in [-0.3, -0.25) is 0 Å². The summed E-state index contributed by atoms with van der Waals surface area (Å²) in [6.07, 6.45) is 0. The Labute approximate surface area is 98.5 Å². The lowest BCUT2D eigenvalue weighted by Gasteiger charge is -2.01. The van der Waals surface area contributed by atoms with Crippen LogP contribution in [0.2, 0.25) is 0 Å². The second-order valence-electron chi connectivity index (χ2n) is 3.46. The Hall–Kier alpha value is -1.61. The van der Waals surface area contributed by atoms with E-state index in [0.29, 0.717) is 4.88 Å². The van der Waals surface area contributed by atoms with E-state index < -0.39 is 0 Å². The first kappa shape index (κ1) is 10.9. The van der Waals surface area contributed by atoms with Gasteiger partial charge < -0.3 is 4.74 Å². The predicted molar refractivity (Wildman–Crippen MR) is 65.8 cm³/mol. The normalized spacial score (nSPS) is 10.1. The smallest absolute Gasteiger partial charge is 0.348 e. The maximum atomic E-state index is 11.6. The van der Waals surface area contributed by atoms with Crippen LogP contribution in [0.3, 0.4) is 0 Å². The minimum Gasteiger partial charge on any atom is -0.465 e. The monoisotopic (exact) mass is 232 g/mol. The molecule has 16 heavy (non-hydrogen) atoms. The largest absolute Gasteiger partial charge is 0.465 e. The fraction of sp³-hybridized carbons (Fsp3) is 0.154. The molecule has 0 amide bonds. The Morgan fingerprint density at radius 3 is 2.56 bits per heavy atom. The minimum absolute atomic E-state index is 0.267. The second-order valence-corrected chi connectivity index (χ2v) is 4.71. The number of thiophene rings is 1. The number of hydrogen-bond donors (Lipinski definition) is 0. The van der Waals surface area contributed by atoms with E-state index in [0.717, 1.165) is 16.0 Å². The van der Waals surface area contributed by atoms with E-state index in [1.54, 1.807) is 0 Å². The van der Waals surface area contributed by atoms with Gasteiger partial charge in [-0.15, -0.1) is 11.3 Å². The van der Waals surface area contributed by atoms with E-state index in [4.69, 9.17) is 4.74 Å². The van der Waals surface area contributed by atoms with Gasteiger partial charge in [-0.1, -0.05) is 30.3 Å². The fourth-order valence-corrected chi connectivity index (χ4v) is 2.54. The maximum Gasteiger partial charge on any atom is 0.348 e. The van der Waals surface area contributed by atoms with E-state index in [1.165, 1.54) is 18.4 Å². The lowest BCUT2D eigenvalue weighted by molar-refractivity contribution is 0.0607. The van der Waals surface area contributed by atoms with Crippen molar-refractivity contribution in [3.05, 3.63) is 46.2 Å². The molecule has 0 fully saturated rings. The Balaban J connectivity index is 2.53. The number of benzene rings is 1. The van der Waals surface area contributed by atoms with E-state index in [9.17, 15) is 4.79 Å². The molecule has 1 aromatic heterocycles. The van der Waals surface area contributed by atoms with Crippen LogP contribution in [0.5, 0.6) is 0 Å². The SMILES string of the molecule is COC(=O)c1sc(C)cc1-c1ccccc1. The summed E-state index contributed by atoms with van der Waals surface area (Å²) >= 11 is 1.47.